The van der Waals surface area contributed by atoms with E-state index in [9.17, 15) is 18.0 Å². The van der Waals surface area contributed by atoms with E-state index in [1.807, 2.05) is 0 Å². The van der Waals surface area contributed by atoms with Gasteiger partial charge < -0.3 is 5.32 Å². The summed E-state index contributed by atoms with van der Waals surface area (Å²) in [7, 11) is 0. The maximum absolute atomic E-state index is 12.6. The lowest BCUT2D eigenvalue weighted by Gasteiger charge is -2.03. The van der Waals surface area contributed by atoms with E-state index in [-0.39, 0.29) is 5.56 Å². The first kappa shape index (κ1) is 10.6. The minimum absolute atomic E-state index is 0.233. The molecule has 0 spiro atoms. The molecule has 0 aliphatic heterocycles. The minimum atomic E-state index is -1.57. The Balaban J connectivity index is 3.06. The van der Waals surface area contributed by atoms with Crippen LogP contribution in [-0.2, 0) is 0 Å². The smallest absolute Gasteiger partial charge is 0.251 e. The molecule has 76 valence electrons. The minimum Gasteiger partial charge on any atom is -0.352 e. The SMILES string of the molecule is CCNC(=O)c1cc(F)c(F)c(F)c1. The summed E-state index contributed by atoms with van der Waals surface area (Å²) < 4.78 is 37.8. The molecule has 0 heterocycles. The van der Waals surface area contributed by atoms with Gasteiger partial charge >= 0.3 is 0 Å². The third-order valence-corrected chi connectivity index (χ3v) is 1.58. The molecule has 0 unspecified atom stereocenters. The van der Waals surface area contributed by atoms with Crippen molar-refractivity contribution in [3.8, 4) is 0 Å². The Labute approximate surface area is 78.7 Å². The molecule has 0 aliphatic rings. The zero-order chi connectivity index (χ0) is 10.7. The van der Waals surface area contributed by atoms with Gasteiger partial charge in [-0.2, -0.15) is 0 Å². The molecule has 0 fully saturated rings. The molecule has 14 heavy (non-hydrogen) atoms. The van der Waals surface area contributed by atoms with Gasteiger partial charge in [-0.1, -0.05) is 0 Å². The van der Waals surface area contributed by atoms with Gasteiger partial charge in [0.2, 0.25) is 0 Å². The highest BCUT2D eigenvalue weighted by Crippen LogP contribution is 2.13. The van der Waals surface area contributed by atoms with Crippen molar-refractivity contribution in [1.82, 2.24) is 5.32 Å². The van der Waals surface area contributed by atoms with Crippen LogP contribution in [0.15, 0.2) is 12.1 Å². The Bertz CT molecular complexity index is 342. The summed E-state index contributed by atoms with van der Waals surface area (Å²) in [4.78, 5) is 11.1. The van der Waals surface area contributed by atoms with Crippen molar-refractivity contribution in [1.29, 1.82) is 0 Å². The van der Waals surface area contributed by atoms with Crippen LogP contribution in [0.2, 0.25) is 0 Å². The van der Waals surface area contributed by atoms with Gasteiger partial charge in [0.05, 0.1) is 0 Å². The first-order valence-corrected chi connectivity index (χ1v) is 3.99. The average Bonchev–Trinajstić information content (AvgIpc) is 2.13. The topological polar surface area (TPSA) is 29.1 Å². The van der Waals surface area contributed by atoms with Gasteiger partial charge in [0.15, 0.2) is 17.5 Å². The van der Waals surface area contributed by atoms with Gasteiger partial charge in [-0.3, -0.25) is 4.79 Å². The number of amides is 1. The molecule has 0 aromatic heterocycles. The van der Waals surface area contributed by atoms with E-state index < -0.39 is 23.4 Å². The maximum atomic E-state index is 12.6. The molecule has 1 N–H and O–H groups in total. The Morgan fingerprint density at radius 1 is 1.29 bits per heavy atom. The van der Waals surface area contributed by atoms with Crippen LogP contribution in [0, 0.1) is 17.5 Å². The molecule has 0 radical (unpaired) electrons. The lowest BCUT2D eigenvalue weighted by molar-refractivity contribution is 0.0954. The van der Waals surface area contributed by atoms with Crippen molar-refractivity contribution in [2.45, 2.75) is 6.92 Å². The highest BCUT2D eigenvalue weighted by atomic mass is 19.2. The quantitative estimate of drug-likeness (QED) is 0.730. The standard InChI is InChI=1S/C9H8F3NO/c1-2-13-9(14)5-3-6(10)8(12)7(11)4-5/h3-4H,2H2,1H3,(H,13,14). The second kappa shape index (κ2) is 4.13. The molecule has 1 rings (SSSR count). The summed E-state index contributed by atoms with van der Waals surface area (Å²) in [6, 6.07) is 1.31. The van der Waals surface area contributed by atoms with Gasteiger partial charge in [-0.15, -0.1) is 0 Å². The lowest BCUT2D eigenvalue weighted by atomic mass is 10.2. The van der Waals surface area contributed by atoms with Crippen LogP contribution >= 0.6 is 0 Å². The second-order valence-corrected chi connectivity index (χ2v) is 2.61. The van der Waals surface area contributed by atoms with E-state index >= 15 is 0 Å². The van der Waals surface area contributed by atoms with Gasteiger partial charge in [0, 0.05) is 12.1 Å². The molecule has 0 saturated heterocycles. The number of carbonyl (C=O) groups is 1. The summed E-state index contributed by atoms with van der Waals surface area (Å²) >= 11 is 0. The predicted molar refractivity (Wildman–Crippen MR) is 44.3 cm³/mol. The second-order valence-electron chi connectivity index (χ2n) is 2.61. The van der Waals surface area contributed by atoms with Crippen molar-refractivity contribution in [2.75, 3.05) is 6.54 Å². The first-order chi connectivity index (χ1) is 6.56. The molecule has 0 aliphatic carbocycles. The molecular formula is C9H8F3NO. The molecule has 1 aromatic rings. The van der Waals surface area contributed by atoms with Crippen LogP contribution in [0.5, 0.6) is 0 Å². The zero-order valence-corrected chi connectivity index (χ0v) is 7.40. The monoisotopic (exact) mass is 203 g/mol. The van der Waals surface area contributed by atoms with Crippen molar-refractivity contribution in [3.63, 3.8) is 0 Å². The Morgan fingerprint density at radius 3 is 2.21 bits per heavy atom. The van der Waals surface area contributed by atoms with Crippen LogP contribution in [-0.4, -0.2) is 12.5 Å². The largest absolute Gasteiger partial charge is 0.352 e. The third kappa shape index (κ3) is 2.04. The first-order valence-electron chi connectivity index (χ1n) is 3.99. The van der Waals surface area contributed by atoms with Crippen LogP contribution in [0.3, 0.4) is 0 Å². The fraction of sp³-hybridized carbons (Fsp3) is 0.222. The van der Waals surface area contributed by atoms with Crippen LogP contribution in [0.4, 0.5) is 13.2 Å². The highest BCUT2D eigenvalue weighted by Gasteiger charge is 2.14. The number of hydrogen-bond donors (Lipinski definition) is 1. The van der Waals surface area contributed by atoms with E-state index in [2.05, 4.69) is 5.32 Å². The lowest BCUT2D eigenvalue weighted by Crippen LogP contribution is -2.23. The fourth-order valence-corrected chi connectivity index (χ4v) is 0.949. The molecule has 0 atom stereocenters. The van der Waals surface area contributed by atoms with E-state index in [0.717, 1.165) is 0 Å². The number of benzene rings is 1. The molecule has 1 aromatic carbocycles. The summed E-state index contributed by atoms with van der Waals surface area (Å²) in [5.74, 6) is -4.94. The molecular weight excluding hydrogens is 195 g/mol. The Hall–Kier alpha value is -1.52. The van der Waals surface area contributed by atoms with Crippen LogP contribution < -0.4 is 5.32 Å². The van der Waals surface area contributed by atoms with E-state index in [4.69, 9.17) is 0 Å². The molecule has 0 bridgehead atoms. The Kier molecular flexibility index (Phi) is 3.11. The third-order valence-electron chi connectivity index (χ3n) is 1.58. The van der Waals surface area contributed by atoms with Gasteiger partial charge in [-0.05, 0) is 19.1 Å². The molecule has 2 nitrogen and oxygen atoms in total. The number of rotatable bonds is 2. The van der Waals surface area contributed by atoms with E-state index in [1.54, 1.807) is 6.92 Å². The Morgan fingerprint density at radius 2 is 1.79 bits per heavy atom. The summed E-state index contributed by atoms with van der Waals surface area (Å²) in [5.41, 5.74) is -0.233. The number of nitrogens with one attached hydrogen (secondary N) is 1. The van der Waals surface area contributed by atoms with Crippen molar-refractivity contribution < 1.29 is 18.0 Å². The summed E-state index contributed by atoms with van der Waals surface area (Å²) in [6.07, 6.45) is 0. The van der Waals surface area contributed by atoms with Crippen LogP contribution in [0.1, 0.15) is 17.3 Å². The predicted octanol–water partition coefficient (Wildman–Crippen LogP) is 1.85. The fourth-order valence-electron chi connectivity index (χ4n) is 0.949. The maximum Gasteiger partial charge on any atom is 0.251 e. The summed E-state index contributed by atoms with van der Waals surface area (Å²) in [6.45, 7) is 1.99. The number of halogens is 3. The molecule has 0 saturated carbocycles. The molecule has 5 heteroatoms. The number of carbonyl (C=O) groups excluding carboxylic acids is 1. The van der Waals surface area contributed by atoms with Gasteiger partial charge in [0.1, 0.15) is 0 Å². The van der Waals surface area contributed by atoms with Gasteiger partial charge in [0.25, 0.3) is 5.91 Å². The van der Waals surface area contributed by atoms with Crippen molar-refractivity contribution >= 4 is 5.91 Å². The van der Waals surface area contributed by atoms with Gasteiger partial charge in [-0.25, -0.2) is 13.2 Å². The van der Waals surface area contributed by atoms with Crippen LogP contribution in [0.25, 0.3) is 0 Å². The zero-order valence-electron chi connectivity index (χ0n) is 7.40. The molecule has 1 amide bonds. The van der Waals surface area contributed by atoms with E-state index in [0.29, 0.717) is 18.7 Å². The highest BCUT2D eigenvalue weighted by molar-refractivity contribution is 5.94. The van der Waals surface area contributed by atoms with Crippen molar-refractivity contribution in [3.05, 3.63) is 35.1 Å². The summed E-state index contributed by atoms with van der Waals surface area (Å²) in [5, 5.41) is 2.34. The average molecular weight is 203 g/mol. The normalized spacial score (nSPS) is 10.0. The number of hydrogen-bond acceptors (Lipinski definition) is 1. The van der Waals surface area contributed by atoms with Crippen molar-refractivity contribution in [2.24, 2.45) is 0 Å². The van der Waals surface area contributed by atoms with E-state index in [1.165, 1.54) is 0 Å².